The highest BCUT2D eigenvalue weighted by atomic mass is 15.3. The lowest BCUT2D eigenvalue weighted by Crippen LogP contribution is -2.39. The summed E-state index contributed by atoms with van der Waals surface area (Å²) in [5.41, 5.74) is 5.88. The zero-order chi connectivity index (χ0) is 10.7. The molecule has 1 aliphatic rings. The Balaban J connectivity index is 1.99. The molecule has 0 aliphatic heterocycles. The Morgan fingerprint density at radius 2 is 2.07 bits per heavy atom. The second kappa shape index (κ2) is 4.53. The topological polar surface area (TPSA) is 67.9 Å². The Kier molecular flexibility index (Phi) is 3.11. The molecule has 5 nitrogen and oxygen atoms in total. The number of hydrogen-bond acceptors (Lipinski definition) is 5. The highest BCUT2D eigenvalue weighted by molar-refractivity contribution is 5.34. The van der Waals surface area contributed by atoms with Crippen molar-refractivity contribution in [2.75, 3.05) is 11.9 Å². The van der Waals surface area contributed by atoms with Crippen molar-refractivity contribution in [3.63, 3.8) is 0 Å². The van der Waals surface area contributed by atoms with E-state index < -0.39 is 0 Å². The zero-order valence-electron chi connectivity index (χ0n) is 9.00. The maximum absolute atomic E-state index is 5.88. The first kappa shape index (κ1) is 10.3. The second-order valence-electron chi connectivity index (χ2n) is 4.15. The van der Waals surface area contributed by atoms with Crippen molar-refractivity contribution in [2.24, 2.45) is 5.73 Å². The fourth-order valence-corrected chi connectivity index (χ4v) is 2.08. The predicted octanol–water partition coefficient (Wildman–Crippen LogP) is 0.578. The smallest absolute Gasteiger partial charge is 0.169 e. The van der Waals surface area contributed by atoms with Gasteiger partial charge in [-0.3, -0.25) is 0 Å². The first-order valence-electron chi connectivity index (χ1n) is 5.38. The summed E-state index contributed by atoms with van der Waals surface area (Å²) in [6, 6.07) is 0.915. The Bertz CT molecular complexity index is 294. The van der Waals surface area contributed by atoms with Gasteiger partial charge < -0.3 is 10.6 Å². The molecule has 0 spiro atoms. The van der Waals surface area contributed by atoms with Gasteiger partial charge in [-0.25, -0.2) is 4.98 Å². The van der Waals surface area contributed by atoms with Crippen molar-refractivity contribution in [3.8, 4) is 0 Å². The standard InChI is InChI=1S/C10H17N5/c1-15(10-6-12-7-13-14-10)9-4-2-8(11)3-5-9/h6-9H,2-5,11H2,1H3. The predicted molar refractivity (Wildman–Crippen MR) is 58.5 cm³/mol. The summed E-state index contributed by atoms with van der Waals surface area (Å²) in [5.74, 6) is 0.845. The van der Waals surface area contributed by atoms with Crippen LogP contribution in [0.3, 0.4) is 0 Å². The van der Waals surface area contributed by atoms with Gasteiger partial charge >= 0.3 is 0 Å². The summed E-state index contributed by atoms with van der Waals surface area (Å²) in [7, 11) is 2.05. The first-order valence-corrected chi connectivity index (χ1v) is 5.38. The molecule has 1 aliphatic carbocycles. The molecule has 15 heavy (non-hydrogen) atoms. The molecule has 1 aromatic heterocycles. The minimum atomic E-state index is 0.384. The van der Waals surface area contributed by atoms with Crippen LogP contribution in [-0.2, 0) is 0 Å². The van der Waals surface area contributed by atoms with Gasteiger partial charge in [0.1, 0.15) is 6.33 Å². The van der Waals surface area contributed by atoms with Gasteiger partial charge in [-0.2, -0.15) is 0 Å². The van der Waals surface area contributed by atoms with Crippen LogP contribution >= 0.6 is 0 Å². The zero-order valence-corrected chi connectivity index (χ0v) is 9.00. The molecule has 0 aromatic carbocycles. The lowest BCUT2D eigenvalue weighted by Gasteiger charge is -2.33. The van der Waals surface area contributed by atoms with Crippen LogP contribution in [0.1, 0.15) is 25.7 Å². The minimum absolute atomic E-state index is 0.384. The van der Waals surface area contributed by atoms with Crippen LogP contribution in [0.2, 0.25) is 0 Å². The molecule has 2 N–H and O–H groups in total. The van der Waals surface area contributed by atoms with Crippen molar-refractivity contribution in [2.45, 2.75) is 37.8 Å². The van der Waals surface area contributed by atoms with Crippen molar-refractivity contribution in [1.82, 2.24) is 15.2 Å². The molecule has 1 aromatic rings. The lowest BCUT2D eigenvalue weighted by atomic mass is 9.91. The molecule has 5 heteroatoms. The Hall–Kier alpha value is -1.23. The van der Waals surface area contributed by atoms with Gasteiger partial charge in [-0.05, 0) is 25.7 Å². The van der Waals surface area contributed by atoms with Gasteiger partial charge in [0, 0.05) is 19.1 Å². The van der Waals surface area contributed by atoms with E-state index in [1.807, 2.05) is 7.05 Å². The van der Waals surface area contributed by atoms with Crippen LogP contribution in [0.5, 0.6) is 0 Å². The molecule has 1 heterocycles. The Morgan fingerprint density at radius 3 is 2.67 bits per heavy atom. The van der Waals surface area contributed by atoms with Crippen LogP contribution in [0.4, 0.5) is 5.82 Å². The fraction of sp³-hybridized carbons (Fsp3) is 0.700. The normalized spacial score (nSPS) is 26.3. The highest BCUT2D eigenvalue weighted by Crippen LogP contribution is 2.23. The Morgan fingerprint density at radius 1 is 1.33 bits per heavy atom. The third-order valence-electron chi connectivity index (χ3n) is 3.12. The molecule has 2 rings (SSSR count). The molecule has 1 fully saturated rings. The largest absolute Gasteiger partial charge is 0.354 e. The van der Waals surface area contributed by atoms with Crippen LogP contribution in [0.15, 0.2) is 12.5 Å². The van der Waals surface area contributed by atoms with E-state index >= 15 is 0 Å². The van der Waals surface area contributed by atoms with E-state index in [0.29, 0.717) is 12.1 Å². The Labute approximate surface area is 89.7 Å². The molecule has 0 radical (unpaired) electrons. The maximum atomic E-state index is 5.88. The molecular formula is C10H17N5. The summed E-state index contributed by atoms with van der Waals surface area (Å²) in [6.07, 6.45) is 7.67. The third-order valence-corrected chi connectivity index (χ3v) is 3.12. The lowest BCUT2D eigenvalue weighted by molar-refractivity contribution is 0.383. The molecule has 0 atom stereocenters. The number of aromatic nitrogens is 3. The van der Waals surface area contributed by atoms with Crippen LogP contribution in [-0.4, -0.2) is 34.3 Å². The molecule has 0 saturated heterocycles. The van der Waals surface area contributed by atoms with Crippen LogP contribution in [0, 0.1) is 0 Å². The minimum Gasteiger partial charge on any atom is -0.354 e. The summed E-state index contributed by atoms with van der Waals surface area (Å²) < 4.78 is 0. The van der Waals surface area contributed by atoms with Crippen molar-refractivity contribution < 1.29 is 0 Å². The molecule has 1 saturated carbocycles. The quantitative estimate of drug-likeness (QED) is 0.768. The highest BCUT2D eigenvalue weighted by Gasteiger charge is 2.22. The number of nitrogens with two attached hydrogens (primary N) is 1. The number of nitrogens with zero attached hydrogens (tertiary/aromatic N) is 4. The van der Waals surface area contributed by atoms with E-state index in [9.17, 15) is 0 Å². The SMILES string of the molecule is CN(c1cncnn1)C1CCC(N)CC1. The number of hydrogen-bond donors (Lipinski definition) is 1. The average Bonchev–Trinajstić information content (AvgIpc) is 2.30. The average molecular weight is 207 g/mol. The summed E-state index contributed by atoms with van der Waals surface area (Å²) >= 11 is 0. The van der Waals surface area contributed by atoms with Crippen molar-refractivity contribution >= 4 is 5.82 Å². The van der Waals surface area contributed by atoms with E-state index in [1.165, 1.54) is 6.33 Å². The second-order valence-corrected chi connectivity index (χ2v) is 4.15. The van der Waals surface area contributed by atoms with Crippen LogP contribution < -0.4 is 10.6 Å². The number of rotatable bonds is 2. The molecular weight excluding hydrogens is 190 g/mol. The van der Waals surface area contributed by atoms with Crippen molar-refractivity contribution in [1.29, 1.82) is 0 Å². The number of anilines is 1. The molecule has 82 valence electrons. The van der Waals surface area contributed by atoms with E-state index in [-0.39, 0.29) is 0 Å². The van der Waals surface area contributed by atoms with Gasteiger partial charge in [0.2, 0.25) is 0 Å². The van der Waals surface area contributed by atoms with E-state index in [2.05, 4.69) is 20.1 Å². The van der Waals surface area contributed by atoms with Crippen molar-refractivity contribution in [3.05, 3.63) is 12.5 Å². The monoisotopic (exact) mass is 207 g/mol. The van der Waals surface area contributed by atoms with E-state index in [0.717, 1.165) is 31.5 Å². The van der Waals surface area contributed by atoms with Gasteiger partial charge in [0.05, 0.1) is 6.20 Å². The van der Waals surface area contributed by atoms with Gasteiger partial charge in [-0.15, -0.1) is 10.2 Å². The summed E-state index contributed by atoms with van der Waals surface area (Å²) in [5, 5.41) is 7.84. The summed E-state index contributed by atoms with van der Waals surface area (Å²) in [4.78, 5) is 6.13. The maximum Gasteiger partial charge on any atom is 0.169 e. The van der Waals surface area contributed by atoms with Gasteiger partial charge in [-0.1, -0.05) is 0 Å². The third kappa shape index (κ3) is 2.41. The van der Waals surface area contributed by atoms with Gasteiger partial charge in [0.25, 0.3) is 0 Å². The first-order chi connectivity index (χ1) is 7.27. The molecule has 0 amide bonds. The fourth-order valence-electron chi connectivity index (χ4n) is 2.08. The summed E-state index contributed by atoms with van der Waals surface area (Å²) in [6.45, 7) is 0. The van der Waals surface area contributed by atoms with E-state index in [1.54, 1.807) is 6.20 Å². The van der Waals surface area contributed by atoms with E-state index in [4.69, 9.17) is 5.73 Å². The molecule has 0 bridgehead atoms. The van der Waals surface area contributed by atoms with Crippen LogP contribution in [0.25, 0.3) is 0 Å². The molecule has 0 unspecified atom stereocenters. The van der Waals surface area contributed by atoms with Gasteiger partial charge in [0.15, 0.2) is 5.82 Å².